The van der Waals surface area contributed by atoms with E-state index >= 15 is 0 Å². The molecule has 22 heavy (non-hydrogen) atoms. The number of hydrogen-bond acceptors (Lipinski definition) is 6. The van der Waals surface area contributed by atoms with Crippen molar-refractivity contribution in [2.75, 3.05) is 5.43 Å². The summed E-state index contributed by atoms with van der Waals surface area (Å²) in [5, 5.41) is 11.4. The van der Waals surface area contributed by atoms with Crippen LogP contribution in [0.3, 0.4) is 0 Å². The van der Waals surface area contributed by atoms with E-state index in [2.05, 4.69) is 15.5 Å². The molecule has 0 radical (unpaired) electrons. The first-order chi connectivity index (χ1) is 10.4. The Morgan fingerprint density at radius 2 is 2.09 bits per heavy atom. The number of thiazole rings is 1. The number of fused-ring (bicyclic) bond motifs is 1. The van der Waals surface area contributed by atoms with Crippen molar-refractivity contribution >= 4 is 49.8 Å². The fourth-order valence-electron chi connectivity index (χ4n) is 1.78. The number of nitrogens with zero attached hydrogens (tertiary/aromatic N) is 3. The molecule has 0 saturated carbocycles. The molecule has 3 rings (SSSR count). The van der Waals surface area contributed by atoms with E-state index in [1.54, 1.807) is 18.3 Å². The van der Waals surface area contributed by atoms with Crippen molar-refractivity contribution in [1.29, 1.82) is 0 Å². The number of nitrogens with one attached hydrogen (secondary N) is 1. The molecule has 0 spiro atoms. The molecule has 114 valence electrons. The summed E-state index contributed by atoms with van der Waals surface area (Å²) in [6.45, 7) is 0. The van der Waals surface area contributed by atoms with Crippen molar-refractivity contribution in [2.24, 2.45) is 10.2 Å². The third kappa shape index (κ3) is 2.97. The molecule has 1 aromatic carbocycles. The number of imidazole rings is 1. The van der Waals surface area contributed by atoms with Crippen LogP contribution in [0.5, 0.6) is 0 Å². The summed E-state index contributed by atoms with van der Waals surface area (Å²) < 4.78 is 24.1. The molecule has 0 saturated heterocycles. The molecule has 0 bridgehead atoms. The van der Waals surface area contributed by atoms with E-state index in [0.717, 1.165) is 4.96 Å². The standard InChI is InChI=1S/C12H10ClN5O2S2/c13-11-10(18-5-6-21-12(18)16-11)7-15-17-8-1-3-9(4-2-8)22(14,19)20/h1-7,17H,(H2,14,19,20)/b15-7+. The molecule has 10 heteroatoms. The molecule has 3 N–H and O–H groups in total. The molecule has 7 nitrogen and oxygen atoms in total. The molecule has 2 aromatic heterocycles. The quantitative estimate of drug-likeness (QED) is 0.553. The van der Waals surface area contributed by atoms with Crippen LogP contribution in [0.1, 0.15) is 5.69 Å². The molecule has 3 aromatic rings. The predicted octanol–water partition coefficient (Wildman–Crippen LogP) is 2.14. The number of primary sulfonamides is 1. The van der Waals surface area contributed by atoms with Gasteiger partial charge in [-0.2, -0.15) is 5.10 Å². The third-order valence-electron chi connectivity index (χ3n) is 2.82. The van der Waals surface area contributed by atoms with Gasteiger partial charge in [-0.1, -0.05) is 11.6 Å². The second kappa shape index (κ2) is 5.69. The van der Waals surface area contributed by atoms with Gasteiger partial charge >= 0.3 is 0 Å². The first-order valence-electron chi connectivity index (χ1n) is 5.98. The Hall–Kier alpha value is -1.94. The molecule has 0 aliphatic heterocycles. The minimum atomic E-state index is -3.69. The van der Waals surface area contributed by atoms with Gasteiger partial charge in [0.15, 0.2) is 10.1 Å². The highest BCUT2D eigenvalue weighted by Gasteiger charge is 2.09. The minimum absolute atomic E-state index is 0.0424. The molecular formula is C12H10ClN5O2S2. The minimum Gasteiger partial charge on any atom is -0.288 e. The van der Waals surface area contributed by atoms with Gasteiger partial charge in [0.05, 0.1) is 16.8 Å². The number of hydrogen-bond donors (Lipinski definition) is 2. The van der Waals surface area contributed by atoms with E-state index < -0.39 is 10.0 Å². The highest BCUT2D eigenvalue weighted by atomic mass is 35.5. The lowest BCUT2D eigenvalue weighted by Gasteiger charge is -2.01. The van der Waals surface area contributed by atoms with Crippen molar-refractivity contribution in [3.63, 3.8) is 0 Å². The van der Waals surface area contributed by atoms with Crippen molar-refractivity contribution < 1.29 is 8.42 Å². The summed E-state index contributed by atoms with van der Waals surface area (Å²) in [6.07, 6.45) is 3.39. The topological polar surface area (TPSA) is 102 Å². The molecule has 0 aliphatic rings. The lowest BCUT2D eigenvalue weighted by atomic mass is 10.3. The Bertz CT molecular complexity index is 944. The van der Waals surface area contributed by atoms with Gasteiger partial charge in [-0.25, -0.2) is 18.5 Å². The van der Waals surface area contributed by atoms with Gasteiger partial charge in [0.2, 0.25) is 10.0 Å². The Morgan fingerprint density at radius 3 is 2.77 bits per heavy atom. The fourth-order valence-corrected chi connectivity index (χ4v) is 3.29. The van der Waals surface area contributed by atoms with Gasteiger partial charge < -0.3 is 0 Å². The summed E-state index contributed by atoms with van der Waals surface area (Å²) in [5.74, 6) is 0. The van der Waals surface area contributed by atoms with Crippen LogP contribution in [0.25, 0.3) is 4.96 Å². The summed E-state index contributed by atoms with van der Waals surface area (Å²) in [6, 6.07) is 5.93. The SMILES string of the molecule is NS(=O)(=O)c1ccc(N/N=C/c2c(Cl)nc3sccn23)cc1. The number of benzene rings is 1. The van der Waals surface area contributed by atoms with Crippen molar-refractivity contribution in [1.82, 2.24) is 9.38 Å². The highest BCUT2D eigenvalue weighted by Crippen LogP contribution is 2.20. The number of sulfonamides is 1. The van der Waals surface area contributed by atoms with Crippen molar-refractivity contribution in [3.05, 3.63) is 46.7 Å². The number of rotatable bonds is 4. The van der Waals surface area contributed by atoms with Gasteiger partial charge in [-0.05, 0) is 24.3 Å². The van der Waals surface area contributed by atoms with Crippen LogP contribution in [0, 0.1) is 0 Å². The van der Waals surface area contributed by atoms with Crippen LogP contribution >= 0.6 is 22.9 Å². The van der Waals surface area contributed by atoms with Crippen LogP contribution in [0.4, 0.5) is 5.69 Å². The average Bonchev–Trinajstić information content (AvgIpc) is 3.01. The molecule has 2 heterocycles. The van der Waals surface area contributed by atoms with E-state index in [-0.39, 0.29) is 4.90 Å². The van der Waals surface area contributed by atoms with Gasteiger partial charge in [0.1, 0.15) is 5.69 Å². The maximum Gasteiger partial charge on any atom is 0.238 e. The van der Waals surface area contributed by atoms with E-state index in [1.165, 1.54) is 23.5 Å². The molecule has 0 amide bonds. The average molecular weight is 356 g/mol. The van der Waals surface area contributed by atoms with Crippen LogP contribution in [0.15, 0.2) is 45.8 Å². The lowest BCUT2D eigenvalue weighted by molar-refractivity contribution is 0.598. The molecule has 0 fully saturated rings. The Kier molecular flexibility index (Phi) is 3.87. The first kappa shape index (κ1) is 15.0. The lowest BCUT2D eigenvalue weighted by Crippen LogP contribution is -2.11. The number of aromatic nitrogens is 2. The van der Waals surface area contributed by atoms with E-state index in [4.69, 9.17) is 16.7 Å². The number of hydrazone groups is 1. The predicted molar refractivity (Wildman–Crippen MR) is 87.1 cm³/mol. The van der Waals surface area contributed by atoms with Gasteiger partial charge in [0.25, 0.3) is 0 Å². The van der Waals surface area contributed by atoms with E-state index in [9.17, 15) is 8.42 Å². The zero-order valence-corrected chi connectivity index (χ0v) is 13.4. The maximum atomic E-state index is 11.2. The van der Waals surface area contributed by atoms with E-state index in [0.29, 0.717) is 16.5 Å². The number of halogens is 1. The fraction of sp³-hybridized carbons (Fsp3) is 0. The number of anilines is 1. The third-order valence-corrected chi connectivity index (χ3v) is 4.78. The first-order valence-corrected chi connectivity index (χ1v) is 8.78. The Morgan fingerprint density at radius 1 is 1.36 bits per heavy atom. The van der Waals surface area contributed by atoms with Crippen LogP contribution in [0.2, 0.25) is 5.15 Å². The maximum absolute atomic E-state index is 11.2. The zero-order valence-electron chi connectivity index (χ0n) is 11.0. The zero-order chi connectivity index (χ0) is 15.7. The summed E-state index contributed by atoms with van der Waals surface area (Å²) >= 11 is 7.51. The molecule has 0 aliphatic carbocycles. The Labute approximate surface area is 135 Å². The highest BCUT2D eigenvalue weighted by molar-refractivity contribution is 7.89. The van der Waals surface area contributed by atoms with Crippen LogP contribution in [-0.4, -0.2) is 24.0 Å². The molecule has 0 atom stereocenters. The second-order valence-corrected chi connectivity index (χ2v) is 7.08. The molecular weight excluding hydrogens is 346 g/mol. The van der Waals surface area contributed by atoms with Crippen LogP contribution in [-0.2, 0) is 10.0 Å². The monoisotopic (exact) mass is 355 g/mol. The summed E-state index contributed by atoms with van der Waals surface area (Å²) in [5.41, 5.74) is 4.06. The van der Waals surface area contributed by atoms with Gasteiger partial charge in [-0.3, -0.25) is 9.83 Å². The Balaban J connectivity index is 1.77. The smallest absolute Gasteiger partial charge is 0.238 e. The normalized spacial score (nSPS) is 12.3. The van der Waals surface area contributed by atoms with Crippen LogP contribution < -0.4 is 10.6 Å². The summed E-state index contributed by atoms with van der Waals surface area (Å²) in [4.78, 5) is 5.01. The van der Waals surface area contributed by atoms with Crippen molar-refractivity contribution in [2.45, 2.75) is 4.90 Å². The van der Waals surface area contributed by atoms with Gasteiger partial charge in [0, 0.05) is 11.6 Å². The second-order valence-electron chi connectivity index (χ2n) is 4.28. The van der Waals surface area contributed by atoms with E-state index in [1.807, 2.05) is 16.0 Å². The molecule has 0 unspecified atom stereocenters. The van der Waals surface area contributed by atoms with Gasteiger partial charge in [-0.15, -0.1) is 11.3 Å². The number of nitrogens with two attached hydrogens (primary N) is 1. The van der Waals surface area contributed by atoms with Crippen molar-refractivity contribution in [3.8, 4) is 0 Å². The summed E-state index contributed by atoms with van der Waals surface area (Å²) in [7, 11) is -3.69. The largest absolute Gasteiger partial charge is 0.288 e.